The summed E-state index contributed by atoms with van der Waals surface area (Å²) in [5.74, 6) is 0.843. The maximum Gasteiger partial charge on any atom is 0.260 e. The molecule has 2 aromatic carbocycles. The van der Waals surface area contributed by atoms with E-state index in [1.165, 1.54) is 0 Å². The summed E-state index contributed by atoms with van der Waals surface area (Å²) in [7, 11) is 1.59. The highest BCUT2D eigenvalue weighted by Gasteiger charge is 2.20. The van der Waals surface area contributed by atoms with Gasteiger partial charge >= 0.3 is 0 Å². The average molecular weight is 409 g/mol. The summed E-state index contributed by atoms with van der Waals surface area (Å²) in [6.07, 6.45) is 0. The highest BCUT2D eigenvalue weighted by atomic mass is 16.5. The highest BCUT2D eigenvalue weighted by Crippen LogP contribution is 2.32. The van der Waals surface area contributed by atoms with Crippen molar-refractivity contribution in [2.24, 2.45) is 0 Å². The minimum Gasteiger partial charge on any atom is -0.497 e. The molecule has 1 amide bonds. The van der Waals surface area contributed by atoms with Gasteiger partial charge in [0.15, 0.2) is 12.4 Å². The highest BCUT2D eigenvalue weighted by molar-refractivity contribution is 5.84. The Bertz CT molecular complexity index is 1110. The van der Waals surface area contributed by atoms with Gasteiger partial charge in [-0.2, -0.15) is 0 Å². The number of nitrogens with zero attached hydrogens (tertiary/aromatic N) is 1. The van der Waals surface area contributed by atoms with E-state index in [4.69, 9.17) is 13.9 Å². The Morgan fingerprint density at radius 1 is 1.03 bits per heavy atom. The molecule has 0 unspecified atom stereocenters. The maximum atomic E-state index is 13.3. The van der Waals surface area contributed by atoms with Crippen LogP contribution in [-0.2, 0) is 4.79 Å². The molecule has 6 nitrogen and oxygen atoms in total. The molecule has 0 N–H and O–H groups in total. The van der Waals surface area contributed by atoms with E-state index in [1.54, 1.807) is 42.3 Å². The van der Waals surface area contributed by atoms with Crippen LogP contribution in [0.2, 0.25) is 0 Å². The first kappa shape index (κ1) is 21.4. The van der Waals surface area contributed by atoms with Crippen LogP contribution in [0.25, 0.3) is 22.3 Å². The van der Waals surface area contributed by atoms with Gasteiger partial charge in [-0.15, -0.1) is 0 Å². The lowest BCUT2D eigenvalue weighted by molar-refractivity contribution is -0.132. The fourth-order valence-corrected chi connectivity index (χ4v) is 3.30. The molecule has 3 rings (SSSR count). The van der Waals surface area contributed by atoms with Gasteiger partial charge < -0.3 is 18.8 Å². The Kier molecular flexibility index (Phi) is 6.45. The summed E-state index contributed by atoms with van der Waals surface area (Å²) in [5, 5.41) is 0.431. The van der Waals surface area contributed by atoms with Crippen LogP contribution in [0.3, 0.4) is 0 Å². The van der Waals surface area contributed by atoms with E-state index in [2.05, 4.69) is 0 Å². The first-order chi connectivity index (χ1) is 14.4. The molecule has 0 aliphatic rings. The number of likely N-dealkylation sites (N-methyl/N-ethyl adjacent to an activating group) is 1. The number of methoxy groups -OCH3 is 1. The summed E-state index contributed by atoms with van der Waals surface area (Å²) < 4.78 is 17.1. The van der Waals surface area contributed by atoms with Crippen LogP contribution in [0.4, 0.5) is 0 Å². The quantitative estimate of drug-likeness (QED) is 0.581. The number of hydrogen-bond acceptors (Lipinski definition) is 5. The van der Waals surface area contributed by atoms with Crippen LogP contribution in [0.1, 0.15) is 25.0 Å². The number of hydrogen-bond donors (Lipinski definition) is 0. The average Bonchev–Trinajstić information content (AvgIpc) is 2.75. The molecule has 0 bridgehead atoms. The van der Waals surface area contributed by atoms with Gasteiger partial charge in [-0.05, 0) is 75.2 Å². The topological polar surface area (TPSA) is 69.0 Å². The molecular weight excluding hydrogens is 382 g/mol. The third-order valence-corrected chi connectivity index (χ3v) is 5.27. The van der Waals surface area contributed by atoms with Crippen molar-refractivity contribution in [3.63, 3.8) is 0 Å². The van der Waals surface area contributed by atoms with Crippen molar-refractivity contribution < 1.29 is 18.7 Å². The van der Waals surface area contributed by atoms with Gasteiger partial charge in [0.05, 0.1) is 12.5 Å². The molecule has 0 atom stereocenters. The van der Waals surface area contributed by atoms with E-state index < -0.39 is 0 Å². The molecule has 0 radical (unpaired) electrons. The Morgan fingerprint density at radius 3 is 2.27 bits per heavy atom. The Balaban J connectivity index is 2.13. The number of fused-ring (bicyclic) bond motifs is 1. The molecular formula is C24H27NO5. The number of amides is 1. The Morgan fingerprint density at radius 2 is 1.67 bits per heavy atom. The van der Waals surface area contributed by atoms with Gasteiger partial charge in [-0.25, -0.2) is 0 Å². The zero-order valence-electron chi connectivity index (χ0n) is 18.1. The SMILES string of the molecule is CCN(CC)C(=O)COc1c(-c2ccc(OC)cc2)oc2cc(C)c(C)cc2c1=O. The lowest BCUT2D eigenvalue weighted by Gasteiger charge is -2.19. The zero-order chi connectivity index (χ0) is 21.8. The molecule has 30 heavy (non-hydrogen) atoms. The minimum absolute atomic E-state index is 0.0384. The van der Waals surface area contributed by atoms with Crippen LogP contribution in [0.15, 0.2) is 45.6 Å². The molecule has 0 saturated carbocycles. The van der Waals surface area contributed by atoms with Crippen LogP contribution in [0, 0.1) is 13.8 Å². The van der Waals surface area contributed by atoms with Gasteiger partial charge in [0.1, 0.15) is 11.3 Å². The largest absolute Gasteiger partial charge is 0.497 e. The molecule has 158 valence electrons. The lowest BCUT2D eigenvalue weighted by atomic mass is 10.0. The van der Waals surface area contributed by atoms with Crippen LogP contribution in [0.5, 0.6) is 11.5 Å². The summed E-state index contributed by atoms with van der Waals surface area (Å²) in [5.41, 5.74) is 2.86. The lowest BCUT2D eigenvalue weighted by Crippen LogP contribution is -2.35. The van der Waals surface area contributed by atoms with Gasteiger partial charge in [0.25, 0.3) is 5.91 Å². The predicted octanol–water partition coefficient (Wildman–Crippen LogP) is 4.33. The van der Waals surface area contributed by atoms with Crippen molar-refractivity contribution in [2.75, 3.05) is 26.8 Å². The molecule has 0 saturated heterocycles. The second-order valence-corrected chi connectivity index (χ2v) is 7.11. The number of ether oxygens (including phenoxy) is 2. The number of carbonyl (C=O) groups is 1. The third kappa shape index (κ3) is 4.17. The molecule has 0 aliphatic heterocycles. The number of carbonyl (C=O) groups excluding carboxylic acids is 1. The summed E-state index contributed by atoms with van der Waals surface area (Å²) in [4.78, 5) is 27.4. The van der Waals surface area contributed by atoms with Gasteiger partial charge in [0.2, 0.25) is 11.2 Å². The molecule has 0 aliphatic carbocycles. The van der Waals surface area contributed by atoms with Crippen LogP contribution in [-0.4, -0.2) is 37.6 Å². The van der Waals surface area contributed by atoms with E-state index in [1.807, 2.05) is 33.8 Å². The second-order valence-electron chi connectivity index (χ2n) is 7.11. The predicted molar refractivity (Wildman–Crippen MR) is 117 cm³/mol. The number of benzene rings is 2. The van der Waals surface area contributed by atoms with Gasteiger partial charge in [-0.1, -0.05) is 0 Å². The van der Waals surface area contributed by atoms with Crippen molar-refractivity contribution in [2.45, 2.75) is 27.7 Å². The smallest absolute Gasteiger partial charge is 0.260 e. The Labute approximate surface area is 176 Å². The maximum absolute atomic E-state index is 13.3. The first-order valence-electron chi connectivity index (χ1n) is 10.0. The second kappa shape index (κ2) is 9.03. The van der Waals surface area contributed by atoms with E-state index in [9.17, 15) is 9.59 Å². The molecule has 1 aromatic heterocycles. The van der Waals surface area contributed by atoms with Crippen molar-refractivity contribution in [1.29, 1.82) is 0 Å². The Hall–Kier alpha value is -3.28. The summed E-state index contributed by atoms with van der Waals surface area (Å²) >= 11 is 0. The van der Waals surface area contributed by atoms with E-state index in [0.717, 1.165) is 11.1 Å². The fourth-order valence-electron chi connectivity index (χ4n) is 3.30. The molecule has 6 heteroatoms. The normalized spacial score (nSPS) is 10.8. The molecule has 0 spiro atoms. The number of rotatable bonds is 7. The molecule has 3 aromatic rings. The van der Waals surface area contributed by atoms with Crippen molar-refractivity contribution in [3.8, 4) is 22.8 Å². The van der Waals surface area contributed by atoms with E-state index in [-0.39, 0.29) is 23.7 Å². The monoisotopic (exact) mass is 409 g/mol. The van der Waals surface area contributed by atoms with Crippen molar-refractivity contribution in [3.05, 3.63) is 57.7 Å². The zero-order valence-corrected chi connectivity index (χ0v) is 18.1. The first-order valence-corrected chi connectivity index (χ1v) is 10.0. The van der Waals surface area contributed by atoms with Crippen LogP contribution >= 0.6 is 0 Å². The van der Waals surface area contributed by atoms with E-state index in [0.29, 0.717) is 41.1 Å². The van der Waals surface area contributed by atoms with Crippen LogP contribution < -0.4 is 14.9 Å². The minimum atomic E-state index is -0.294. The third-order valence-electron chi connectivity index (χ3n) is 5.27. The fraction of sp³-hybridized carbons (Fsp3) is 0.333. The summed E-state index contributed by atoms with van der Waals surface area (Å²) in [6, 6.07) is 10.8. The molecule has 1 heterocycles. The van der Waals surface area contributed by atoms with Gasteiger partial charge in [0, 0.05) is 18.7 Å². The van der Waals surface area contributed by atoms with Gasteiger partial charge in [-0.3, -0.25) is 9.59 Å². The standard InChI is InChI=1S/C24H27NO5/c1-6-25(7-2)21(26)14-29-24-22(27)19-12-15(3)16(4)13-20(19)30-23(24)17-8-10-18(28-5)11-9-17/h8-13H,6-7,14H2,1-5H3. The summed E-state index contributed by atoms with van der Waals surface area (Å²) in [6.45, 7) is 8.64. The number of aryl methyl sites for hydroxylation is 2. The van der Waals surface area contributed by atoms with E-state index >= 15 is 0 Å². The van der Waals surface area contributed by atoms with Crippen molar-refractivity contribution in [1.82, 2.24) is 4.90 Å². The van der Waals surface area contributed by atoms with Crippen molar-refractivity contribution >= 4 is 16.9 Å². The molecule has 0 fully saturated rings.